The van der Waals surface area contributed by atoms with E-state index in [-0.39, 0.29) is 29.1 Å². The SMILES string of the molecule is CCOc1ccc(N(CC(=O)N(Cc2ccc(F)cc2)[C@@H](C)C(=O)N[C@@H](C)CC)S(=O)(=O)c2ccc(C)cc2)cc1. The number of aryl methyl sites for hydroxylation is 1. The smallest absolute Gasteiger partial charge is 0.264 e. The number of nitrogens with one attached hydrogen (secondary N) is 1. The number of rotatable bonds is 13. The van der Waals surface area contributed by atoms with Crippen molar-refractivity contribution in [3.63, 3.8) is 0 Å². The number of hydrogen-bond donors (Lipinski definition) is 1. The molecule has 0 aliphatic carbocycles. The van der Waals surface area contributed by atoms with Gasteiger partial charge < -0.3 is 15.0 Å². The molecule has 0 spiro atoms. The van der Waals surface area contributed by atoms with E-state index in [0.717, 1.165) is 9.87 Å². The summed E-state index contributed by atoms with van der Waals surface area (Å²) in [7, 11) is -4.18. The van der Waals surface area contributed by atoms with Gasteiger partial charge in [-0.25, -0.2) is 12.8 Å². The van der Waals surface area contributed by atoms with E-state index in [1.807, 2.05) is 27.7 Å². The monoisotopic (exact) mass is 583 g/mol. The molecule has 0 aliphatic heterocycles. The Morgan fingerprint density at radius 1 is 0.927 bits per heavy atom. The van der Waals surface area contributed by atoms with Gasteiger partial charge in [0.15, 0.2) is 0 Å². The molecule has 0 saturated heterocycles. The van der Waals surface area contributed by atoms with Crippen molar-refractivity contribution in [2.75, 3.05) is 17.5 Å². The van der Waals surface area contributed by atoms with Crippen LogP contribution >= 0.6 is 0 Å². The topological polar surface area (TPSA) is 96.0 Å². The van der Waals surface area contributed by atoms with Gasteiger partial charge in [-0.1, -0.05) is 36.8 Å². The first-order valence-corrected chi connectivity index (χ1v) is 15.1. The molecule has 0 heterocycles. The normalized spacial score (nSPS) is 12.7. The molecule has 0 unspecified atom stereocenters. The highest BCUT2D eigenvalue weighted by Crippen LogP contribution is 2.27. The maximum Gasteiger partial charge on any atom is 0.264 e. The molecule has 3 aromatic carbocycles. The average molecular weight is 584 g/mol. The van der Waals surface area contributed by atoms with Crippen LogP contribution in [0.3, 0.4) is 0 Å². The number of hydrogen-bond acceptors (Lipinski definition) is 5. The van der Waals surface area contributed by atoms with Crippen molar-refractivity contribution in [3.05, 3.63) is 89.7 Å². The lowest BCUT2D eigenvalue weighted by molar-refractivity contribution is -0.139. The minimum atomic E-state index is -4.18. The second-order valence-electron chi connectivity index (χ2n) is 9.89. The minimum Gasteiger partial charge on any atom is -0.494 e. The lowest BCUT2D eigenvalue weighted by Gasteiger charge is -2.32. The lowest BCUT2D eigenvalue weighted by atomic mass is 10.1. The summed E-state index contributed by atoms with van der Waals surface area (Å²) in [4.78, 5) is 28.4. The van der Waals surface area contributed by atoms with Crippen LogP contribution in [-0.4, -0.2) is 50.4 Å². The molecule has 2 atom stereocenters. The lowest BCUT2D eigenvalue weighted by Crippen LogP contribution is -2.52. The zero-order valence-electron chi connectivity index (χ0n) is 24.1. The number of anilines is 1. The number of benzene rings is 3. The third kappa shape index (κ3) is 8.29. The molecule has 0 radical (unpaired) electrons. The molecule has 0 fully saturated rings. The van der Waals surface area contributed by atoms with Crippen LogP contribution in [0, 0.1) is 12.7 Å². The summed E-state index contributed by atoms with van der Waals surface area (Å²) < 4.78 is 47.9. The van der Waals surface area contributed by atoms with Gasteiger partial charge in [-0.3, -0.25) is 13.9 Å². The van der Waals surface area contributed by atoms with Crippen LogP contribution in [0.25, 0.3) is 0 Å². The fourth-order valence-corrected chi connectivity index (χ4v) is 5.49. The van der Waals surface area contributed by atoms with Gasteiger partial charge in [0, 0.05) is 12.6 Å². The minimum absolute atomic E-state index is 0.0180. The Bertz CT molecular complexity index is 1410. The molecule has 10 heteroatoms. The Hall–Kier alpha value is -3.92. The summed E-state index contributed by atoms with van der Waals surface area (Å²) in [5, 5.41) is 2.89. The zero-order chi connectivity index (χ0) is 30.2. The van der Waals surface area contributed by atoms with Crippen LogP contribution < -0.4 is 14.4 Å². The van der Waals surface area contributed by atoms with Crippen molar-refractivity contribution in [1.82, 2.24) is 10.2 Å². The number of nitrogens with zero attached hydrogens (tertiary/aromatic N) is 2. The van der Waals surface area contributed by atoms with Gasteiger partial charge in [-0.2, -0.15) is 0 Å². The van der Waals surface area contributed by atoms with Crippen molar-refractivity contribution in [3.8, 4) is 5.75 Å². The van der Waals surface area contributed by atoms with E-state index in [1.165, 1.54) is 41.3 Å². The van der Waals surface area contributed by atoms with Gasteiger partial charge in [-0.15, -0.1) is 0 Å². The first kappa shape index (κ1) is 31.6. The summed E-state index contributed by atoms with van der Waals surface area (Å²) in [6.45, 7) is 8.94. The molecule has 2 amide bonds. The number of carbonyl (C=O) groups excluding carboxylic acids is 2. The van der Waals surface area contributed by atoms with E-state index in [1.54, 1.807) is 43.3 Å². The van der Waals surface area contributed by atoms with E-state index < -0.39 is 34.3 Å². The van der Waals surface area contributed by atoms with E-state index in [4.69, 9.17) is 4.74 Å². The van der Waals surface area contributed by atoms with Crippen molar-refractivity contribution in [2.24, 2.45) is 0 Å². The molecule has 0 bridgehead atoms. The van der Waals surface area contributed by atoms with Crippen molar-refractivity contribution >= 4 is 27.5 Å². The zero-order valence-corrected chi connectivity index (χ0v) is 24.9. The fraction of sp³-hybridized carbons (Fsp3) is 0.355. The van der Waals surface area contributed by atoms with E-state index in [2.05, 4.69) is 5.32 Å². The number of carbonyl (C=O) groups is 2. The summed E-state index contributed by atoms with van der Waals surface area (Å²) in [6, 6.07) is 17.4. The second-order valence-corrected chi connectivity index (χ2v) is 11.8. The molecule has 8 nitrogen and oxygen atoms in total. The summed E-state index contributed by atoms with van der Waals surface area (Å²) >= 11 is 0. The molecular formula is C31H38FN3O5S. The third-order valence-electron chi connectivity index (χ3n) is 6.76. The number of sulfonamides is 1. The highest BCUT2D eigenvalue weighted by Gasteiger charge is 2.32. The van der Waals surface area contributed by atoms with Gasteiger partial charge in [0.05, 0.1) is 17.2 Å². The molecule has 3 aromatic rings. The van der Waals surface area contributed by atoms with Crippen LogP contribution in [0.1, 0.15) is 45.2 Å². The largest absolute Gasteiger partial charge is 0.494 e. The van der Waals surface area contributed by atoms with Gasteiger partial charge >= 0.3 is 0 Å². The standard InChI is InChI=1S/C31H38FN3O5S/c1-6-23(4)33-31(37)24(5)34(20-25-10-12-26(32)13-11-25)30(36)21-35(27-14-16-28(17-15-27)40-7-2)41(38,39)29-18-8-22(3)9-19-29/h8-19,23-24H,6-7,20-21H2,1-5H3,(H,33,37)/t23-,24-/m0/s1. The Labute approximate surface area is 242 Å². The Morgan fingerprint density at radius 3 is 2.10 bits per heavy atom. The summed E-state index contributed by atoms with van der Waals surface area (Å²) in [6.07, 6.45) is 0.699. The molecule has 3 rings (SSSR count). The van der Waals surface area contributed by atoms with Crippen molar-refractivity contribution in [2.45, 2.75) is 64.6 Å². The predicted molar refractivity (Wildman–Crippen MR) is 158 cm³/mol. The first-order valence-electron chi connectivity index (χ1n) is 13.6. The van der Waals surface area contributed by atoms with Gasteiger partial charge in [0.25, 0.3) is 10.0 Å². The molecular weight excluding hydrogens is 545 g/mol. The highest BCUT2D eigenvalue weighted by molar-refractivity contribution is 7.92. The Morgan fingerprint density at radius 2 is 1.54 bits per heavy atom. The van der Waals surface area contributed by atoms with Crippen LogP contribution in [0.5, 0.6) is 5.75 Å². The first-order chi connectivity index (χ1) is 19.5. The van der Waals surface area contributed by atoms with Crippen molar-refractivity contribution in [1.29, 1.82) is 0 Å². The van der Waals surface area contributed by atoms with E-state index in [9.17, 15) is 22.4 Å². The number of halogens is 1. The molecule has 0 aliphatic rings. The van der Waals surface area contributed by atoms with Gasteiger partial charge in [0.1, 0.15) is 24.2 Å². The quantitative estimate of drug-likeness (QED) is 0.304. The summed E-state index contributed by atoms with van der Waals surface area (Å²) in [5.41, 5.74) is 1.75. The predicted octanol–water partition coefficient (Wildman–Crippen LogP) is 5.06. The molecule has 0 aromatic heterocycles. The third-order valence-corrected chi connectivity index (χ3v) is 8.55. The van der Waals surface area contributed by atoms with Crippen LogP contribution in [-0.2, 0) is 26.2 Å². The molecule has 1 N–H and O–H groups in total. The number of ether oxygens (including phenoxy) is 1. The van der Waals surface area contributed by atoms with E-state index >= 15 is 0 Å². The van der Waals surface area contributed by atoms with Crippen molar-refractivity contribution < 1.29 is 27.1 Å². The van der Waals surface area contributed by atoms with E-state index in [0.29, 0.717) is 24.3 Å². The second kappa shape index (κ2) is 14.1. The van der Waals surface area contributed by atoms with Crippen LogP contribution in [0.2, 0.25) is 0 Å². The maximum atomic E-state index is 13.9. The fourth-order valence-electron chi connectivity index (χ4n) is 4.08. The Kier molecular flexibility index (Phi) is 10.9. The molecule has 0 saturated carbocycles. The molecule has 220 valence electrons. The molecule has 41 heavy (non-hydrogen) atoms. The summed E-state index contributed by atoms with van der Waals surface area (Å²) in [5.74, 6) is -0.835. The highest BCUT2D eigenvalue weighted by atomic mass is 32.2. The van der Waals surface area contributed by atoms with Gasteiger partial charge in [0.2, 0.25) is 11.8 Å². The average Bonchev–Trinajstić information content (AvgIpc) is 2.95. The van der Waals surface area contributed by atoms with Gasteiger partial charge in [-0.05, 0) is 88.2 Å². The van der Waals surface area contributed by atoms with Crippen LogP contribution in [0.15, 0.2) is 77.7 Å². The number of amides is 2. The van der Waals surface area contributed by atoms with Crippen LogP contribution in [0.4, 0.5) is 10.1 Å². The maximum absolute atomic E-state index is 13.9. The Balaban J connectivity index is 2.02.